The molecule has 0 radical (unpaired) electrons. The van der Waals surface area contributed by atoms with E-state index in [1.807, 2.05) is 13.8 Å². The second-order valence-electron chi connectivity index (χ2n) is 19.4. The first-order valence-corrected chi connectivity index (χ1v) is 23.2. The summed E-state index contributed by atoms with van der Waals surface area (Å²) < 4.78 is 0. The molecular formula is C55H65N5O3. The predicted octanol–water partition coefficient (Wildman–Crippen LogP) is 12.1. The number of hydrogen-bond donors (Lipinski definition) is 1. The van der Waals surface area contributed by atoms with Gasteiger partial charge in [0.2, 0.25) is 0 Å². The van der Waals surface area contributed by atoms with Crippen molar-refractivity contribution >= 4 is 50.8 Å². The Morgan fingerprint density at radius 2 is 1.08 bits per heavy atom. The number of nitrogens with two attached hydrogens (primary N) is 1. The van der Waals surface area contributed by atoms with E-state index in [1.54, 1.807) is 0 Å². The van der Waals surface area contributed by atoms with Gasteiger partial charge in [0.1, 0.15) is 5.57 Å². The van der Waals surface area contributed by atoms with Crippen molar-refractivity contribution in [3.8, 4) is 0 Å². The van der Waals surface area contributed by atoms with Crippen LogP contribution in [0.15, 0.2) is 131 Å². The van der Waals surface area contributed by atoms with Crippen molar-refractivity contribution in [1.29, 1.82) is 0 Å². The molecule has 0 aromatic heterocycles. The summed E-state index contributed by atoms with van der Waals surface area (Å²) >= 11 is 0. The summed E-state index contributed by atoms with van der Waals surface area (Å²) in [6, 6.07) is 25.8. The van der Waals surface area contributed by atoms with E-state index in [0.29, 0.717) is 37.7 Å². The van der Waals surface area contributed by atoms with Crippen molar-refractivity contribution in [3.63, 3.8) is 0 Å². The fourth-order valence-corrected chi connectivity index (χ4v) is 10.9. The molecule has 2 fully saturated rings. The van der Waals surface area contributed by atoms with Crippen LogP contribution < -0.4 is 15.5 Å². The van der Waals surface area contributed by atoms with Crippen molar-refractivity contribution in [2.45, 2.75) is 137 Å². The SMILES string of the molecule is CCCCN1C(=O)C(=C2/C(=C/C=C3/N(C(C)C)c4ccc5ccccc5c4C3(C)C)CC/C2=C\C=C2\N(C(C)C)c3ccc4ccccc4c3C2(C)C)C(=O)N(C(N)CCC)C1=O. The number of nitrogens with zero attached hydrogens (tertiary/aromatic N) is 4. The maximum absolute atomic E-state index is 14.9. The molecule has 8 rings (SSSR count). The normalized spacial score (nSPS) is 21.6. The third-order valence-electron chi connectivity index (χ3n) is 13.8. The van der Waals surface area contributed by atoms with Crippen LogP contribution in [-0.2, 0) is 20.4 Å². The lowest BCUT2D eigenvalue weighted by Crippen LogP contribution is -2.61. The van der Waals surface area contributed by atoms with Gasteiger partial charge in [0.25, 0.3) is 11.8 Å². The molecule has 0 bridgehead atoms. The van der Waals surface area contributed by atoms with Crippen molar-refractivity contribution in [3.05, 3.63) is 142 Å². The minimum atomic E-state index is -0.854. The van der Waals surface area contributed by atoms with E-state index in [2.05, 4.69) is 162 Å². The summed E-state index contributed by atoms with van der Waals surface area (Å²) in [6.45, 7) is 22.3. The molecule has 3 aliphatic heterocycles. The molecule has 63 heavy (non-hydrogen) atoms. The largest absolute Gasteiger partial charge is 0.341 e. The standard InChI is InChI=1S/C55H65N5O3/c1-11-13-33-57-51(61)48(52(62)60(53(57)63)46(56)18-12-2)47-38(27-31-44-54(7,8)49-40-21-16-14-19-36(40)25-29-42(49)58(44)34(3)4)23-24-39(47)28-32-45-55(9,10)50-41-22-17-15-20-37(41)26-30-43(50)59(45)35(5)6/h14-17,19-22,25-32,34-35,46H,11-13,18,23-24,33,56H2,1-10H3/b38-27+,39-28+,44-31+,45-32+. The molecule has 328 valence electrons. The Hall–Kier alpha value is -5.73. The number of amides is 4. The van der Waals surface area contributed by atoms with Crippen LogP contribution in [0.5, 0.6) is 0 Å². The number of allylic oxidation sites excluding steroid dienone is 9. The van der Waals surface area contributed by atoms with Crippen LogP contribution in [0.25, 0.3) is 21.5 Å². The molecule has 2 N–H and O–H groups in total. The van der Waals surface area contributed by atoms with Crippen LogP contribution in [0, 0.1) is 0 Å². The van der Waals surface area contributed by atoms with Gasteiger partial charge in [0.05, 0.1) is 6.17 Å². The minimum Gasteiger partial charge on any atom is -0.341 e. The summed E-state index contributed by atoms with van der Waals surface area (Å²) in [7, 11) is 0. The highest BCUT2D eigenvalue weighted by Crippen LogP contribution is 2.53. The van der Waals surface area contributed by atoms with Crippen molar-refractivity contribution in [2.75, 3.05) is 16.3 Å². The highest BCUT2D eigenvalue weighted by atomic mass is 16.2. The van der Waals surface area contributed by atoms with E-state index in [1.165, 1.54) is 48.9 Å². The number of benzene rings is 4. The Morgan fingerprint density at radius 3 is 1.52 bits per heavy atom. The van der Waals surface area contributed by atoms with Crippen molar-refractivity contribution in [2.24, 2.45) is 5.73 Å². The number of carbonyl (C=O) groups excluding carboxylic acids is 3. The lowest BCUT2D eigenvalue weighted by molar-refractivity contribution is -0.137. The highest BCUT2D eigenvalue weighted by Gasteiger charge is 2.48. The van der Waals surface area contributed by atoms with Gasteiger partial charge in [-0.2, -0.15) is 0 Å². The molecule has 3 heterocycles. The second kappa shape index (κ2) is 16.8. The summed E-state index contributed by atoms with van der Waals surface area (Å²) in [5.41, 5.74) is 15.7. The Labute approximate surface area is 374 Å². The number of barbiturate groups is 1. The molecule has 4 aromatic carbocycles. The van der Waals surface area contributed by atoms with E-state index in [-0.39, 0.29) is 35.0 Å². The van der Waals surface area contributed by atoms with Gasteiger partial charge in [0, 0.05) is 52.2 Å². The number of rotatable bonds is 10. The molecule has 1 saturated heterocycles. The number of urea groups is 1. The first-order chi connectivity index (χ1) is 30.1. The van der Waals surface area contributed by atoms with E-state index in [0.717, 1.165) is 33.9 Å². The van der Waals surface area contributed by atoms with E-state index in [4.69, 9.17) is 5.73 Å². The second-order valence-corrected chi connectivity index (χ2v) is 19.4. The van der Waals surface area contributed by atoms with Gasteiger partial charge in [-0.3, -0.25) is 14.5 Å². The van der Waals surface area contributed by atoms with E-state index < -0.39 is 24.0 Å². The summed E-state index contributed by atoms with van der Waals surface area (Å²) in [5, 5.41) is 4.89. The molecule has 8 heteroatoms. The van der Waals surface area contributed by atoms with Gasteiger partial charge in [-0.25, -0.2) is 9.69 Å². The Balaban J connectivity index is 1.34. The van der Waals surface area contributed by atoms with Gasteiger partial charge >= 0.3 is 6.03 Å². The fourth-order valence-electron chi connectivity index (χ4n) is 10.9. The van der Waals surface area contributed by atoms with Crippen LogP contribution in [0.1, 0.15) is 119 Å². The lowest BCUT2D eigenvalue weighted by atomic mass is 9.81. The molecule has 1 aliphatic carbocycles. The number of unbranched alkanes of at least 4 members (excludes halogenated alkanes) is 1. The third kappa shape index (κ3) is 7.15. The molecule has 4 amide bonds. The average molecular weight is 844 g/mol. The van der Waals surface area contributed by atoms with E-state index >= 15 is 0 Å². The van der Waals surface area contributed by atoms with Crippen LogP contribution in [0.2, 0.25) is 0 Å². The molecule has 1 saturated carbocycles. The minimum absolute atomic E-state index is 0.0328. The van der Waals surface area contributed by atoms with Crippen molar-refractivity contribution < 1.29 is 14.4 Å². The molecule has 1 unspecified atom stereocenters. The monoisotopic (exact) mass is 844 g/mol. The molecule has 0 spiro atoms. The quantitative estimate of drug-likeness (QED) is 0.126. The first-order valence-electron chi connectivity index (χ1n) is 23.2. The predicted molar refractivity (Wildman–Crippen MR) is 260 cm³/mol. The highest BCUT2D eigenvalue weighted by molar-refractivity contribution is 6.30. The molecule has 1 atom stereocenters. The van der Waals surface area contributed by atoms with E-state index in [9.17, 15) is 14.4 Å². The first kappa shape index (κ1) is 43.9. The number of hydrogen-bond acceptors (Lipinski definition) is 6. The molecule has 4 aromatic rings. The Bertz CT molecular complexity index is 2550. The Morgan fingerprint density at radius 1 is 0.603 bits per heavy atom. The summed E-state index contributed by atoms with van der Waals surface area (Å²) in [6.07, 6.45) is 11.6. The number of carbonyl (C=O) groups is 3. The van der Waals surface area contributed by atoms with Crippen LogP contribution >= 0.6 is 0 Å². The molecular weight excluding hydrogens is 779 g/mol. The average Bonchev–Trinajstić information content (AvgIpc) is 3.83. The molecule has 4 aliphatic rings. The summed E-state index contributed by atoms with van der Waals surface area (Å²) in [4.78, 5) is 51.2. The Kier molecular flexibility index (Phi) is 11.7. The third-order valence-corrected chi connectivity index (χ3v) is 13.8. The lowest BCUT2D eigenvalue weighted by Gasteiger charge is -2.37. The zero-order chi connectivity index (χ0) is 45.1. The fraction of sp³-hybridized carbons (Fsp3) is 0.400. The number of anilines is 2. The van der Waals surface area contributed by atoms with Gasteiger partial charge in [-0.1, -0.05) is 127 Å². The summed E-state index contributed by atoms with van der Waals surface area (Å²) in [5.74, 6) is -1.15. The zero-order valence-electron chi connectivity index (χ0n) is 39.0. The van der Waals surface area contributed by atoms with Crippen LogP contribution in [-0.4, -0.2) is 52.4 Å². The number of fused-ring (bicyclic) bond motifs is 6. The van der Waals surface area contributed by atoms with Gasteiger partial charge in [-0.05, 0) is 127 Å². The molecule has 8 nitrogen and oxygen atoms in total. The van der Waals surface area contributed by atoms with Crippen LogP contribution in [0.3, 0.4) is 0 Å². The van der Waals surface area contributed by atoms with Crippen LogP contribution in [0.4, 0.5) is 16.2 Å². The maximum Gasteiger partial charge on any atom is 0.335 e. The van der Waals surface area contributed by atoms with Gasteiger partial charge in [0.15, 0.2) is 0 Å². The van der Waals surface area contributed by atoms with Gasteiger partial charge < -0.3 is 15.5 Å². The zero-order valence-corrected chi connectivity index (χ0v) is 39.0. The smallest absolute Gasteiger partial charge is 0.335 e. The number of imide groups is 2. The maximum atomic E-state index is 14.9. The van der Waals surface area contributed by atoms with Crippen molar-refractivity contribution in [1.82, 2.24) is 9.80 Å². The van der Waals surface area contributed by atoms with Gasteiger partial charge in [-0.15, -0.1) is 0 Å². The topological polar surface area (TPSA) is 90.2 Å².